The topological polar surface area (TPSA) is 48.2 Å². The monoisotopic (exact) mass is 179 g/mol. The minimum absolute atomic E-state index is 0.409. The van der Waals surface area contributed by atoms with Crippen molar-refractivity contribution in [3.8, 4) is 0 Å². The normalized spacial score (nSPS) is 11.7. The largest absolute Gasteiger partial charge is 0.384 e. The molecular weight excluding hydrogens is 162 g/mol. The molecule has 0 saturated carbocycles. The summed E-state index contributed by atoms with van der Waals surface area (Å²) >= 11 is 0. The first-order valence-electron chi connectivity index (χ1n) is 4.33. The molecule has 3 heteroatoms. The molecule has 0 aromatic rings. The van der Waals surface area contributed by atoms with Crippen LogP contribution in [-0.2, 0) is 0 Å². The Morgan fingerprint density at radius 2 is 2.31 bits per heavy atom. The molecule has 0 amide bonds. The number of amidine groups is 1. The molecule has 0 aromatic heterocycles. The first-order valence-corrected chi connectivity index (χ1v) is 4.33. The molecule has 0 atom stereocenters. The summed E-state index contributed by atoms with van der Waals surface area (Å²) in [4.78, 5) is 3.92. The number of nitrogens with zero attached hydrogens (tertiary/aromatic N) is 1. The van der Waals surface area contributed by atoms with E-state index in [1.165, 1.54) is 0 Å². The van der Waals surface area contributed by atoms with Gasteiger partial charge in [0.15, 0.2) is 0 Å². The lowest BCUT2D eigenvalue weighted by Gasteiger charge is -2.00. The highest BCUT2D eigenvalue weighted by atomic mass is 14.9. The summed E-state index contributed by atoms with van der Waals surface area (Å²) in [6.45, 7) is 8.11. The molecule has 0 aliphatic rings. The molecule has 0 aliphatic carbocycles. The Hall–Kier alpha value is -1.38. The molecule has 72 valence electrons. The van der Waals surface area contributed by atoms with Gasteiger partial charge in [0.25, 0.3) is 0 Å². The van der Waals surface area contributed by atoms with Crippen LogP contribution in [-0.4, -0.2) is 18.6 Å². The van der Waals surface area contributed by atoms with Gasteiger partial charge in [-0.15, -0.1) is 0 Å². The number of allylic oxidation sites excluding steroid dienone is 3. The van der Waals surface area contributed by atoms with E-state index in [1.807, 2.05) is 19.9 Å². The highest BCUT2D eigenvalue weighted by Crippen LogP contribution is 1.85. The van der Waals surface area contributed by atoms with E-state index in [0.717, 1.165) is 5.70 Å². The number of nitrogens with one attached hydrogen (secondary N) is 2. The third-order valence-electron chi connectivity index (χ3n) is 1.42. The maximum atomic E-state index is 7.25. The fourth-order valence-corrected chi connectivity index (χ4v) is 0.689. The Labute approximate surface area is 79.8 Å². The quantitative estimate of drug-likeness (QED) is 0.379. The SMILES string of the molecule is C=C/C=C(/C)NCC=NC(=N)CC. The van der Waals surface area contributed by atoms with Gasteiger partial charge in [0.2, 0.25) is 0 Å². The second-order valence-corrected chi connectivity index (χ2v) is 2.58. The highest BCUT2D eigenvalue weighted by molar-refractivity contribution is 5.87. The molecular formula is C10H17N3. The molecule has 0 aromatic carbocycles. The van der Waals surface area contributed by atoms with E-state index in [4.69, 9.17) is 5.41 Å². The molecule has 0 heterocycles. The van der Waals surface area contributed by atoms with Crippen LogP contribution in [0.4, 0.5) is 0 Å². The molecule has 0 bridgehead atoms. The van der Waals surface area contributed by atoms with Crippen LogP contribution in [0.25, 0.3) is 0 Å². The minimum Gasteiger partial charge on any atom is -0.384 e. The third-order valence-corrected chi connectivity index (χ3v) is 1.42. The van der Waals surface area contributed by atoms with Crippen molar-refractivity contribution in [3.63, 3.8) is 0 Å². The van der Waals surface area contributed by atoms with Crippen molar-refractivity contribution < 1.29 is 0 Å². The highest BCUT2D eigenvalue weighted by Gasteiger charge is 1.85. The zero-order valence-corrected chi connectivity index (χ0v) is 8.30. The Morgan fingerprint density at radius 1 is 1.62 bits per heavy atom. The lowest BCUT2D eigenvalue weighted by Crippen LogP contribution is -2.13. The first kappa shape index (κ1) is 11.6. The van der Waals surface area contributed by atoms with Crippen molar-refractivity contribution in [2.45, 2.75) is 20.3 Å². The second kappa shape index (κ2) is 7.28. The van der Waals surface area contributed by atoms with Crippen LogP contribution in [0.5, 0.6) is 0 Å². The smallest absolute Gasteiger partial charge is 0.119 e. The summed E-state index contributed by atoms with van der Waals surface area (Å²) in [7, 11) is 0. The van der Waals surface area contributed by atoms with Crippen LogP contribution in [0.1, 0.15) is 20.3 Å². The van der Waals surface area contributed by atoms with Crippen molar-refractivity contribution in [1.82, 2.24) is 5.32 Å². The number of hydrogen-bond acceptors (Lipinski definition) is 2. The first-order chi connectivity index (χ1) is 6.20. The summed E-state index contributed by atoms with van der Waals surface area (Å²) in [5, 5.41) is 10.4. The predicted octanol–water partition coefficient (Wildman–Crippen LogP) is 2.12. The molecule has 0 saturated heterocycles. The average molecular weight is 179 g/mol. The molecule has 0 aliphatic heterocycles. The third kappa shape index (κ3) is 7.00. The Kier molecular flexibility index (Phi) is 6.51. The standard InChI is InChI=1S/C10H17N3/c1-4-6-9(3)12-7-8-13-10(11)5-2/h4,6,8,11-12H,1,5,7H2,2-3H3/b9-6-,11-10?,13-8?. The summed E-state index contributed by atoms with van der Waals surface area (Å²) in [6.07, 6.45) is 6.00. The molecule has 0 unspecified atom stereocenters. The average Bonchev–Trinajstić information content (AvgIpc) is 2.12. The minimum atomic E-state index is 0.409. The van der Waals surface area contributed by atoms with Gasteiger partial charge in [-0.2, -0.15) is 0 Å². The van der Waals surface area contributed by atoms with E-state index in [0.29, 0.717) is 18.8 Å². The van der Waals surface area contributed by atoms with Crippen molar-refractivity contribution in [3.05, 3.63) is 24.4 Å². The van der Waals surface area contributed by atoms with Crippen LogP contribution >= 0.6 is 0 Å². The van der Waals surface area contributed by atoms with Crippen molar-refractivity contribution in [1.29, 1.82) is 5.41 Å². The summed E-state index contributed by atoms with van der Waals surface area (Å²) in [5.74, 6) is 0.409. The van der Waals surface area contributed by atoms with Gasteiger partial charge in [-0.25, -0.2) is 4.99 Å². The molecule has 0 fully saturated rings. The van der Waals surface area contributed by atoms with Crippen molar-refractivity contribution >= 4 is 12.1 Å². The number of rotatable bonds is 5. The van der Waals surface area contributed by atoms with Crippen LogP contribution in [0, 0.1) is 5.41 Å². The maximum absolute atomic E-state index is 7.25. The molecule has 0 radical (unpaired) electrons. The molecule has 3 nitrogen and oxygen atoms in total. The second-order valence-electron chi connectivity index (χ2n) is 2.58. The number of hydrogen-bond donors (Lipinski definition) is 2. The van der Waals surface area contributed by atoms with E-state index < -0.39 is 0 Å². The number of aliphatic imine (C=N–C) groups is 1. The van der Waals surface area contributed by atoms with Crippen LogP contribution < -0.4 is 5.32 Å². The fourth-order valence-electron chi connectivity index (χ4n) is 0.689. The summed E-state index contributed by atoms with van der Waals surface area (Å²) < 4.78 is 0. The van der Waals surface area contributed by atoms with Gasteiger partial charge >= 0.3 is 0 Å². The maximum Gasteiger partial charge on any atom is 0.119 e. The molecule has 0 spiro atoms. The van der Waals surface area contributed by atoms with E-state index in [2.05, 4.69) is 16.9 Å². The fraction of sp³-hybridized carbons (Fsp3) is 0.400. The van der Waals surface area contributed by atoms with Gasteiger partial charge < -0.3 is 5.32 Å². The summed E-state index contributed by atoms with van der Waals surface area (Å²) in [5.41, 5.74) is 1.05. The predicted molar refractivity (Wildman–Crippen MR) is 58.5 cm³/mol. The van der Waals surface area contributed by atoms with Crippen LogP contribution in [0.3, 0.4) is 0 Å². The Bertz CT molecular complexity index is 226. The Morgan fingerprint density at radius 3 is 2.85 bits per heavy atom. The van der Waals surface area contributed by atoms with Crippen LogP contribution in [0.15, 0.2) is 29.4 Å². The lowest BCUT2D eigenvalue weighted by atomic mass is 10.4. The van der Waals surface area contributed by atoms with Gasteiger partial charge in [0.1, 0.15) is 5.84 Å². The zero-order valence-electron chi connectivity index (χ0n) is 8.30. The molecule has 0 rings (SSSR count). The Balaban J connectivity index is 3.67. The van der Waals surface area contributed by atoms with E-state index in [1.54, 1.807) is 12.3 Å². The van der Waals surface area contributed by atoms with E-state index in [-0.39, 0.29) is 0 Å². The molecule has 2 N–H and O–H groups in total. The summed E-state index contributed by atoms with van der Waals surface area (Å²) in [6, 6.07) is 0. The zero-order chi connectivity index (χ0) is 10.1. The van der Waals surface area contributed by atoms with Gasteiger partial charge in [0.05, 0.1) is 6.54 Å². The van der Waals surface area contributed by atoms with Gasteiger partial charge in [0, 0.05) is 18.3 Å². The van der Waals surface area contributed by atoms with E-state index >= 15 is 0 Å². The van der Waals surface area contributed by atoms with Crippen LogP contribution in [0.2, 0.25) is 0 Å². The van der Waals surface area contributed by atoms with E-state index in [9.17, 15) is 0 Å². The molecule has 13 heavy (non-hydrogen) atoms. The van der Waals surface area contributed by atoms with Gasteiger partial charge in [-0.05, 0) is 13.0 Å². The van der Waals surface area contributed by atoms with Gasteiger partial charge in [-0.3, -0.25) is 5.41 Å². The van der Waals surface area contributed by atoms with Crippen molar-refractivity contribution in [2.75, 3.05) is 6.54 Å². The lowest BCUT2D eigenvalue weighted by molar-refractivity contribution is 0.938. The van der Waals surface area contributed by atoms with Gasteiger partial charge in [-0.1, -0.05) is 19.6 Å². The van der Waals surface area contributed by atoms with Crippen molar-refractivity contribution in [2.24, 2.45) is 4.99 Å².